The number of carbonyl (C=O) groups is 2. The Kier molecular flexibility index (Phi) is 5.95. The molecule has 2 amide bonds. The topological polar surface area (TPSA) is 103 Å². The van der Waals surface area contributed by atoms with Crippen LogP contribution in [0.2, 0.25) is 15.1 Å². The Morgan fingerprint density at radius 1 is 1.14 bits per heavy atom. The van der Waals surface area contributed by atoms with Crippen LogP contribution in [0.15, 0.2) is 35.1 Å². The minimum atomic E-state index is -0.724. The van der Waals surface area contributed by atoms with Crippen LogP contribution < -0.4 is 11.1 Å². The molecule has 3 rings (SSSR count). The summed E-state index contributed by atoms with van der Waals surface area (Å²) in [5, 5.41) is 7.75. The van der Waals surface area contributed by atoms with Gasteiger partial charge in [-0.15, -0.1) is 0 Å². The van der Waals surface area contributed by atoms with Crippen molar-refractivity contribution in [2.75, 3.05) is 5.32 Å². The molecule has 11 heteroatoms. The number of halogens is 4. The minimum absolute atomic E-state index is 0.0890. The van der Waals surface area contributed by atoms with Crippen LogP contribution in [0.3, 0.4) is 0 Å². The lowest BCUT2D eigenvalue weighted by atomic mass is 10.1. The number of anilines is 1. The molecule has 144 valence electrons. The van der Waals surface area contributed by atoms with E-state index in [2.05, 4.69) is 31.3 Å². The number of amides is 2. The SMILES string of the molecule is Cc1cc(Cl)cc(C(N)=O)c1NC(=O)c1cc(Br)nn1-c1ncc(Cl)cc1Cl. The van der Waals surface area contributed by atoms with Crippen LogP contribution in [0.1, 0.15) is 26.4 Å². The number of aryl methyl sites for hydroxylation is 1. The number of pyridine rings is 1. The molecule has 0 bridgehead atoms. The summed E-state index contributed by atoms with van der Waals surface area (Å²) in [6, 6.07) is 5.96. The van der Waals surface area contributed by atoms with Gasteiger partial charge in [-0.3, -0.25) is 9.59 Å². The third-order valence-corrected chi connectivity index (χ3v) is 4.80. The Morgan fingerprint density at radius 3 is 2.50 bits per heavy atom. The fourth-order valence-corrected chi connectivity index (χ4v) is 3.63. The molecule has 0 unspecified atom stereocenters. The molecular weight excluding hydrogens is 492 g/mol. The highest BCUT2D eigenvalue weighted by molar-refractivity contribution is 9.10. The number of nitrogens with one attached hydrogen (secondary N) is 1. The van der Waals surface area contributed by atoms with Gasteiger partial charge in [0.25, 0.3) is 11.8 Å². The lowest BCUT2D eigenvalue weighted by molar-refractivity contribution is 0.100. The number of aromatic nitrogens is 3. The van der Waals surface area contributed by atoms with Gasteiger partial charge in [0.2, 0.25) is 0 Å². The second-order valence-electron chi connectivity index (χ2n) is 5.69. The van der Waals surface area contributed by atoms with E-state index in [4.69, 9.17) is 40.5 Å². The summed E-state index contributed by atoms with van der Waals surface area (Å²) in [5.74, 6) is -1.07. The highest BCUT2D eigenvalue weighted by Crippen LogP contribution is 2.28. The first-order chi connectivity index (χ1) is 13.2. The molecule has 0 aliphatic carbocycles. The first-order valence-corrected chi connectivity index (χ1v) is 9.58. The van der Waals surface area contributed by atoms with Crippen LogP contribution in [0, 0.1) is 6.92 Å². The van der Waals surface area contributed by atoms with Crippen molar-refractivity contribution in [3.8, 4) is 5.82 Å². The first kappa shape index (κ1) is 20.6. The van der Waals surface area contributed by atoms with Gasteiger partial charge in [-0.25, -0.2) is 9.67 Å². The lowest BCUT2D eigenvalue weighted by Crippen LogP contribution is -2.21. The molecule has 0 aliphatic rings. The van der Waals surface area contributed by atoms with Gasteiger partial charge in [0.1, 0.15) is 10.3 Å². The Morgan fingerprint density at radius 2 is 1.86 bits per heavy atom. The number of nitrogens with zero attached hydrogens (tertiary/aromatic N) is 3. The predicted molar refractivity (Wildman–Crippen MR) is 112 cm³/mol. The average Bonchev–Trinajstić information content (AvgIpc) is 2.98. The van der Waals surface area contributed by atoms with Crippen molar-refractivity contribution in [1.29, 1.82) is 0 Å². The van der Waals surface area contributed by atoms with Crippen molar-refractivity contribution in [2.45, 2.75) is 6.92 Å². The Hall–Kier alpha value is -2.13. The van der Waals surface area contributed by atoms with Gasteiger partial charge in [0.05, 0.1) is 21.3 Å². The molecule has 3 aromatic rings. The van der Waals surface area contributed by atoms with E-state index in [0.29, 0.717) is 20.2 Å². The Balaban J connectivity index is 2.05. The second-order valence-corrected chi connectivity index (χ2v) is 7.78. The summed E-state index contributed by atoms with van der Waals surface area (Å²) >= 11 is 21.3. The summed E-state index contributed by atoms with van der Waals surface area (Å²) in [4.78, 5) is 28.8. The van der Waals surface area contributed by atoms with Gasteiger partial charge in [-0.1, -0.05) is 34.8 Å². The molecule has 2 aromatic heterocycles. The summed E-state index contributed by atoms with van der Waals surface area (Å²) in [7, 11) is 0. The molecule has 0 aliphatic heterocycles. The number of rotatable bonds is 4. The minimum Gasteiger partial charge on any atom is -0.366 e. The maximum atomic E-state index is 12.9. The van der Waals surface area contributed by atoms with Gasteiger partial charge < -0.3 is 11.1 Å². The largest absolute Gasteiger partial charge is 0.366 e. The molecule has 0 radical (unpaired) electrons. The quantitative estimate of drug-likeness (QED) is 0.541. The van der Waals surface area contributed by atoms with Crippen LogP contribution >= 0.6 is 50.7 Å². The van der Waals surface area contributed by atoms with E-state index in [9.17, 15) is 9.59 Å². The number of nitrogens with two attached hydrogens (primary N) is 1. The molecule has 0 spiro atoms. The molecule has 3 N–H and O–H groups in total. The van der Waals surface area contributed by atoms with Crippen LogP contribution in [0.5, 0.6) is 0 Å². The number of benzene rings is 1. The number of carbonyl (C=O) groups excluding carboxylic acids is 2. The maximum Gasteiger partial charge on any atom is 0.274 e. The van der Waals surface area contributed by atoms with Crippen molar-refractivity contribution in [2.24, 2.45) is 5.73 Å². The Bertz CT molecular complexity index is 1120. The number of primary amides is 1. The van der Waals surface area contributed by atoms with E-state index in [-0.39, 0.29) is 27.8 Å². The standard InChI is InChI=1S/C17H11BrCl3N5O2/c1-7-2-8(19)3-10(15(22)27)14(7)24-17(28)12-5-13(18)25-26(12)16-11(21)4-9(20)6-23-16/h2-6H,1H3,(H2,22,27)(H,24,28). The highest BCUT2D eigenvalue weighted by atomic mass is 79.9. The molecule has 1 aromatic carbocycles. The van der Waals surface area contributed by atoms with Crippen molar-refractivity contribution < 1.29 is 9.59 Å². The van der Waals surface area contributed by atoms with Crippen LogP contribution in [0.4, 0.5) is 5.69 Å². The number of hydrogen-bond acceptors (Lipinski definition) is 4. The number of hydrogen-bond donors (Lipinski definition) is 2. The normalized spacial score (nSPS) is 10.8. The first-order valence-electron chi connectivity index (χ1n) is 7.65. The summed E-state index contributed by atoms with van der Waals surface area (Å²) in [5.41, 5.74) is 6.44. The smallest absolute Gasteiger partial charge is 0.274 e. The Labute approximate surface area is 182 Å². The molecule has 0 saturated heterocycles. The molecule has 2 heterocycles. The zero-order valence-electron chi connectivity index (χ0n) is 14.1. The highest BCUT2D eigenvalue weighted by Gasteiger charge is 2.22. The second kappa shape index (κ2) is 8.08. The molecule has 0 fully saturated rings. The van der Waals surface area contributed by atoms with Crippen LogP contribution in [-0.2, 0) is 0 Å². The predicted octanol–water partition coefficient (Wildman–Crippen LogP) is 4.65. The summed E-state index contributed by atoms with van der Waals surface area (Å²) < 4.78 is 1.64. The van der Waals surface area contributed by atoms with E-state index in [0.717, 1.165) is 0 Å². The van der Waals surface area contributed by atoms with E-state index in [1.165, 1.54) is 29.1 Å². The molecule has 28 heavy (non-hydrogen) atoms. The summed E-state index contributed by atoms with van der Waals surface area (Å²) in [6.07, 6.45) is 1.38. The third kappa shape index (κ3) is 4.15. The fourth-order valence-electron chi connectivity index (χ4n) is 2.52. The molecular formula is C17H11BrCl3N5O2. The summed E-state index contributed by atoms with van der Waals surface area (Å²) in [6.45, 7) is 1.69. The zero-order valence-corrected chi connectivity index (χ0v) is 18.0. The maximum absolute atomic E-state index is 12.9. The van der Waals surface area contributed by atoms with Gasteiger partial charge in [0.15, 0.2) is 5.82 Å². The monoisotopic (exact) mass is 501 g/mol. The van der Waals surface area contributed by atoms with E-state index >= 15 is 0 Å². The van der Waals surface area contributed by atoms with Gasteiger partial charge in [0, 0.05) is 17.3 Å². The van der Waals surface area contributed by atoms with Crippen molar-refractivity contribution in [3.63, 3.8) is 0 Å². The third-order valence-electron chi connectivity index (χ3n) is 3.71. The van der Waals surface area contributed by atoms with Gasteiger partial charge in [-0.05, 0) is 46.6 Å². The molecule has 0 saturated carbocycles. The fraction of sp³-hybridized carbons (Fsp3) is 0.0588. The van der Waals surface area contributed by atoms with Crippen molar-refractivity contribution in [3.05, 3.63) is 67.0 Å². The van der Waals surface area contributed by atoms with Crippen LogP contribution in [-0.4, -0.2) is 26.6 Å². The zero-order chi connectivity index (χ0) is 20.6. The van der Waals surface area contributed by atoms with E-state index < -0.39 is 11.8 Å². The van der Waals surface area contributed by atoms with E-state index in [1.807, 2.05) is 0 Å². The average molecular weight is 504 g/mol. The van der Waals surface area contributed by atoms with Crippen molar-refractivity contribution >= 4 is 68.2 Å². The van der Waals surface area contributed by atoms with Crippen molar-refractivity contribution in [1.82, 2.24) is 14.8 Å². The molecule has 0 atom stereocenters. The van der Waals surface area contributed by atoms with Crippen LogP contribution in [0.25, 0.3) is 5.82 Å². The van der Waals surface area contributed by atoms with Gasteiger partial charge >= 0.3 is 0 Å². The molecule has 7 nitrogen and oxygen atoms in total. The van der Waals surface area contributed by atoms with Gasteiger partial charge in [-0.2, -0.15) is 5.10 Å². The lowest BCUT2D eigenvalue weighted by Gasteiger charge is -2.14. The van der Waals surface area contributed by atoms with E-state index in [1.54, 1.807) is 13.0 Å².